The van der Waals surface area contributed by atoms with E-state index >= 15 is 0 Å². The minimum atomic E-state index is -0.0105. The van der Waals surface area contributed by atoms with E-state index in [1.54, 1.807) is 0 Å². The molecule has 0 heterocycles. The average molecular weight is 161 g/mol. The highest BCUT2D eigenvalue weighted by atomic mass is 16.1. The lowest BCUT2D eigenvalue weighted by molar-refractivity contribution is -0.111. The van der Waals surface area contributed by atoms with Crippen molar-refractivity contribution >= 4 is 11.4 Å². The zero-order valence-electron chi connectivity index (χ0n) is 6.95. The van der Waals surface area contributed by atoms with Crippen LogP contribution in [0.3, 0.4) is 0 Å². The lowest BCUT2D eigenvalue weighted by atomic mass is 10.0. The summed E-state index contributed by atoms with van der Waals surface area (Å²) < 4.78 is 0. The maximum atomic E-state index is 11.0. The van der Waals surface area contributed by atoms with Crippen molar-refractivity contribution < 1.29 is 4.79 Å². The lowest BCUT2D eigenvalue weighted by Gasteiger charge is -2.00. The first-order valence-electron chi connectivity index (χ1n) is 3.74. The second-order valence-corrected chi connectivity index (χ2v) is 2.50. The molecule has 1 aromatic carbocycles. The molecule has 2 heteroatoms. The van der Waals surface area contributed by atoms with Gasteiger partial charge in [0.1, 0.15) is 0 Å². The van der Waals surface area contributed by atoms with Gasteiger partial charge in [-0.05, 0) is 12.5 Å². The van der Waals surface area contributed by atoms with Crippen LogP contribution in [0.1, 0.15) is 12.5 Å². The molecule has 0 unspecified atom stereocenters. The van der Waals surface area contributed by atoms with Gasteiger partial charge in [0.2, 0.25) is 0 Å². The van der Waals surface area contributed by atoms with Crippen LogP contribution in [0.15, 0.2) is 36.5 Å². The number of carbonyl (C=O) groups is 1. The van der Waals surface area contributed by atoms with E-state index in [2.05, 4.69) is 0 Å². The van der Waals surface area contributed by atoms with Crippen molar-refractivity contribution in [2.75, 3.05) is 0 Å². The summed E-state index contributed by atoms with van der Waals surface area (Å²) in [6.45, 7) is 1.51. The van der Waals surface area contributed by atoms with Gasteiger partial charge in [0.25, 0.3) is 0 Å². The Bertz CT molecular complexity index is 301. The molecule has 0 amide bonds. The Labute approximate surface area is 71.7 Å². The number of ketones is 1. The van der Waals surface area contributed by atoms with Gasteiger partial charge in [0.15, 0.2) is 5.78 Å². The smallest absolute Gasteiger partial charge is 0.161 e. The molecule has 1 aromatic rings. The topological polar surface area (TPSA) is 43.1 Å². The summed E-state index contributed by atoms with van der Waals surface area (Å²) in [5, 5.41) is 0. The van der Waals surface area contributed by atoms with Crippen LogP contribution in [0.5, 0.6) is 0 Å². The Morgan fingerprint density at radius 1 is 1.33 bits per heavy atom. The van der Waals surface area contributed by atoms with Crippen molar-refractivity contribution in [2.24, 2.45) is 5.73 Å². The van der Waals surface area contributed by atoms with E-state index in [1.165, 1.54) is 13.1 Å². The molecule has 0 aliphatic heterocycles. The Hall–Kier alpha value is -1.57. The molecule has 0 radical (unpaired) electrons. The summed E-state index contributed by atoms with van der Waals surface area (Å²) in [5.74, 6) is -0.0105. The van der Waals surface area contributed by atoms with Gasteiger partial charge in [0.05, 0.1) is 0 Å². The molecular weight excluding hydrogens is 150 g/mol. The minimum Gasteiger partial charge on any atom is -0.404 e. The number of hydrogen-bond acceptors (Lipinski definition) is 2. The van der Waals surface area contributed by atoms with Gasteiger partial charge in [-0.1, -0.05) is 30.3 Å². The van der Waals surface area contributed by atoms with Crippen LogP contribution in [0.25, 0.3) is 5.57 Å². The van der Waals surface area contributed by atoms with Crippen LogP contribution in [0, 0.1) is 0 Å². The third-order valence-corrected chi connectivity index (χ3v) is 1.63. The van der Waals surface area contributed by atoms with Crippen molar-refractivity contribution in [3.05, 3.63) is 42.1 Å². The first-order chi connectivity index (χ1) is 5.75. The molecule has 0 spiro atoms. The quantitative estimate of drug-likeness (QED) is 0.669. The van der Waals surface area contributed by atoms with Crippen LogP contribution in [0.4, 0.5) is 0 Å². The zero-order chi connectivity index (χ0) is 8.97. The Morgan fingerprint density at radius 2 is 1.92 bits per heavy atom. The van der Waals surface area contributed by atoms with Crippen molar-refractivity contribution in [3.8, 4) is 0 Å². The van der Waals surface area contributed by atoms with Crippen LogP contribution in [0.2, 0.25) is 0 Å². The van der Waals surface area contributed by atoms with Crippen molar-refractivity contribution in [1.29, 1.82) is 0 Å². The van der Waals surface area contributed by atoms with E-state index in [-0.39, 0.29) is 5.78 Å². The van der Waals surface area contributed by atoms with E-state index in [9.17, 15) is 4.79 Å². The fourth-order valence-electron chi connectivity index (χ4n) is 1.03. The van der Waals surface area contributed by atoms with Crippen LogP contribution >= 0.6 is 0 Å². The number of hydrogen-bond donors (Lipinski definition) is 1. The first-order valence-corrected chi connectivity index (χ1v) is 3.74. The summed E-state index contributed by atoms with van der Waals surface area (Å²) >= 11 is 0. The zero-order valence-corrected chi connectivity index (χ0v) is 6.95. The third kappa shape index (κ3) is 1.72. The average Bonchev–Trinajstić information content (AvgIpc) is 2.07. The third-order valence-electron chi connectivity index (χ3n) is 1.63. The highest BCUT2D eigenvalue weighted by molar-refractivity contribution is 6.19. The van der Waals surface area contributed by atoms with Gasteiger partial charge in [-0.3, -0.25) is 4.79 Å². The highest BCUT2D eigenvalue weighted by Crippen LogP contribution is 2.12. The lowest BCUT2D eigenvalue weighted by Crippen LogP contribution is -1.98. The van der Waals surface area contributed by atoms with Crippen molar-refractivity contribution in [3.63, 3.8) is 0 Å². The Balaban J connectivity index is 3.05. The molecule has 0 saturated heterocycles. The molecule has 62 valence electrons. The Kier molecular flexibility index (Phi) is 2.64. The monoisotopic (exact) mass is 161 g/mol. The summed E-state index contributed by atoms with van der Waals surface area (Å²) in [6, 6.07) is 9.38. The fraction of sp³-hybridized carbons (Fsp3) is 0.100. The molecular formula is C10H11NO. The molecule has 0 aromatic heterocycles. The maximum Gasteiger partial charge on any atom is 0.161 e. The normalized spacial score (nSPS) is 11.2. The molecule has 0 bridgehead atoms. The molecule has 0 atom stereocenters. The SMILES string of the molecule is CC(=O)/C(=C/N)c1ccccc1. The van der Waals surface area contributed by atoms with Crippen molar-refractivity contribution in [1.82, 2.24) is 0 Å². The fourth-order valence-corrected chi connectivity index (χ4v) is 1.03. The minimum absolute atomic E-state index is 0.0105. The molecule has 0 saturated carbocycles. The predicted molar refractivity (Wildman–Crippen MR) is 49.3 cm³/mol. The van der Waals surface area contributed by atoms with E-state index < -0.39 is 0 Å². The van der Waals surface area contributed by atoms with Gasteiger partial charge in [-0.15, -0.1) is 0 Å². The summed E-state index contributed by atoms with van der Waals surface area (Å²) in [6.07, 6.45) is 1.34. The maximum absolute atomic E-state index is 11.0. The highest BCUT2D eigenvalue weighted by Gasteiger charge is 2.04. The van der Waals surface area contributed by atoms with Crippen LogP contribution < -0.4 is 5.73 Å². The molecule has 1 rings (SSSR count). The second-order valence-electron chi connectivity index (χ2n) is 2.50. The Morgan fingerprint density at radius 3 is 2.33 bits per heavy atom. The number of allylic oxidation sites excluding steroid dienone is 1. The van der Waals surface area contributed by atoms with Crippen molar-refractivity contribution in [2.45, 2.75) is 6.92 Å². The molecule has 0 aliphatic rings. The first kappa shape index (κ1) is 8.53. The summed E-state index contributed by atoms with van der Waals surface area (Å²) in [4.78, 5) is 11.0. The van der Waals surface area contributed by atoms with Crippen LogP contribution in [-0.4, -0.2) is 5.78 Å². The van der Waals surface area contributed by atoms with E-state index in [4.69, 9.17) is 5.73 Å². The number of carbonyl (C=O) groups excluding carboxylic acids is 1. The van der Waals surface area contributed by atoms with Gasteiger partial charge in [0, 0.05) is 11.8 Å². The molecule has 0 aliphatic carbocycles. The number of rotatable bonds is 2. The van der Waals surface area contributed by atoms with Gasteiger partial charge < -0.3 is 5.73 Å². The van der Waals surface area contributed by atoms with E-state index in [0.29, 0.717) is 5.57 Å². The van der Waals surface area contributed by atoms with E-state index in [1.807, 2.05) is 30.3 Å². The standard InChI is InChI=1S/C10H11NO/c1-8(12)10(7-11)9-5-3-2-4-6-9/h2-7H,11H2,1H3/b10-7-. The van der Waals surface area contributed by atoms with Crippen LogP contribution in [-0.2, 0) is 4.79 Å². The molecule has 12 heavy (non-hydrogen) atoms. The summed E-state index contributed by atoms with van der Waals surface area (Å²) in [7, 11) is 0. The summed E-state index contributed by atoms with van der Waals surface area (Å²) in [5.41, 5.74) is 6.76. The largest absolute Gasteiger partial charge is 0.404 e. The van der Waals surface area contributed by atoms with Gasteiger partial charge in [-0.2, -0.15) is 0 Å². The van der Waals surface area contributed by atoms with Gasteiger partial charge >= 0.3 is 0 Å². The number of nitrogens with two attached hydrogens (primary N) is 1. The number of Topliss-reactive ketones (excluding diaryl/α,β-unsaturated/α-hetero) is 1. The number of benzene rings is 1. The van der Waals surface area contributed by atoms with Gasteiger partial charge in [-0.25, -0.2) is 0 Å². The predicted octanol–water partition coefficient (Wildman–Crippen LogP) is 1.58. The second kappa shape index (κ2) is 3.72. The molecule has 2 N–H and O–H groups in total. The molecule has 0 fully saturated rings. The molecule has 2 nitrogen and oxygen atoms in total. The van der Waals surface area contributed by atoms with E-state index in [0.717, 1.165) is 5.56 Å².